The number of carbonyl (C=O) groups excluding carboxylic acids is 4. The van der Waals surface area contributed by atoms with Crippen LogP contribution < -0.4 is 10.6 Å². The Morgan fingerprint density at radius 3 is 2.89 bits per heavy atom. The molecular weight excluding hydrogens is 366 g/mol. The van der Waals surface area contributed by atoms with Crippen molar-refractivity contribution in [2.24, 2.45) is 5.92 Å². The van der Waals surface area contributed by atoms with Crippen LogP contribution in [0.3, 0.4) is 0 Å². The van der Waals surface area contributed by atoms with Crippen LogP contribution in [0.2, 0.25) is 0 Å². The minimum absolute atomic E-state index is 0.00465. The summed E-state index contributed by atoms with van der Waals surface area (Å²) in [5.74, 6) is -1.14. The lowest BCUT2D eigenvalue weighted by Gasteiger charge is -2.36. The van der Waals surface area contributed by atoms with Crippen molar-refractivity contribution in [3.63, 3.8) is 0 Å². The molecule has 2 fully saturated rings. The summed E-state index contributed by atoms with van der Waals surface area (Å²) >= 11 is 0. The zero-order valence-electron chi connectivity index (χ0n) is 16.0. The van der Waals surface area contributed by atoms with Gasteiger partial charge in [0.15, 0.2) is 6.10 Å². The largest absolute Gasteiger partial charge is 0.467 e. The van der Waals surface area contributed by atoms with E-state index in [1.807, 2.05) is 6.92 Å². The second-order valence-corrected chi connectivity index (χ2v) is 7.37. The quantitative estimate of drug-likeness (QED) is 0.558. The number of urea groups is 1. The molecule has 4 amide bonds. The Labute approximate surface area is 162 Å². The standard InChI is InChI=1S/C19H25N3O6/c1-12-6-3-4-8-19(12)17(25)22(18(26)21-19)11-15(23)28-13(2)16(24)20-10-14-7-5-9-27-14/h5,7,9,12-13H,3-4,6,8,10-11H2,1-2H3,(H,20,24)(H,21,26)/t12-,13+,19+/m1/s1. The zero-order valence-corrected chi connectivity index (χ0v) is 16.0. The Bertz CT molecular complexity index is 762. The van der Waals surface area contributed by atoms with E-state index < -0.39 is 42.0 Å². The molecule has 2 N–H and O–H groups in total. The van der Waals surface area contributed by atoms with Crippen molar-refractivity contribution in [2.45, 2.75) is 57.7 Å². The van der Waals surface area contributed by atoms with Gasteiger partial charge in [0.1, 0.15) is 17.8 Å². The van der Waals surface area contributed by atoms with E-state index in [1.165, 1.54) is 13.2 Å². The molecular formula is C19H25N3O6. The van der Waals surface area contributed by atoms with E-state index in [4.69, 9.17) is 9.15 Å². The summed E-state index contributed by atoms with van der Waals surface area (Å²) in [6.45, 7) is 3.01. The Kier molecular flexibility index (Phi) is 5.71. The first-order chi connectivity index (χ1) is 13.3. The highest BCUT2D eigenvalue weighted by Crippen LogP contribution is 2.38. The maximum Gasteiger partial charge on any atom is 0.327 e. The van der Waals surface area contributed by atoms with Gasteiger partial charge in [-0.1, -0.05) is 19.8 Å². The Morgan fingerprint density at radius 2 is 2.21 bits per heavy atom. The zero-order chi connectivity index (χ0) is 20.3. The van der Waals surface area contributed by atoms with Crippen LogP contribution >= 0.6 is 0 Å². The third-order valence-corrected chi connectivity index (χ3v) is 5.48. The number of rotatable bonds is 6. The van der Waals surface area contributed by atoms with Crippen LogP contribution in [0.1, 0.15) is 45.3 Å². The number of ether oxygens (including phenoxy) is 1. The Balaban J connectivity index is 1.53. The van der Waals surface area contributed by atoms with Crippen LogP contribution in [0.15, 0.2) is 22.8 Å². The SMILES string of the molecule is C[C@H](OC(=O)CN1C(=O)N[C@]2(CCCC[C@H]2C)C1=O)C(=O)NCc1ccco1. The van der Waals surface area contributed by atoms with Crippen molar-refractivity contribution in [2.75, 3.05) is 6.54 Å². The smallest absolute Gasteiger partial charge is 0.327 e. The maximum atomic E-state index is 12.8. The normalized spacial score (nSPS) is 25.5. The molecule has 0 radical (unpaired) electrons. The first-order valence-electron chi connectivity index (χ1n) is 9.47. The maximum absolute atomic E-state index is 12.8. The number of amides is 4. The second kappa shape index (κ2) is 8.04. The topological polar surface area (TPSA) is 118 Å². The van der Waals surface area contributed by atoms with Crippen molar-refractivity contribution in [3.8, 4) is 0 Å². The lowest BCUT2D eigenvalue weighted by Crippen LogP contribution is -2.54. The fraction of sp³-hybridized carbons (Fsp3) is 0.579. The number of nitrogens with one attached hydrogen (secondary N) is 2. The number of furan rings is 1. The van der Waals surface area contributed by atoms with Crippen LogP contribution in [0.5, 0.6) is 0 Å². The second-order valence-electron chi connectivity index (χ2n) is 7.37. The first-order valence-corrected chi connectivity index (χ1v) is 9.47. The van der Waals surface area contributed by atoms with Crippen LogP contribution in [0, 0.1) is 5.92 Å². The van der Waals surface area contributed by atoms with Crippen molar-refractivity contribution >= 4 is 23.8 Å². The van der Waals surface area contributed by atoms with Crippen LogP contribution in [-0.2, 0) is 25.7 Å². The van der Waals surface area contributed by atoms with Crippen LogP contribution in [0.4, 0.5) is 4.79 Å². The highest BCUT2D eigenvalue weighted by Gasteiger charge is 2.55. The number of hydrogen-bond acceptors (Lipinski definition) is 6. The minimum atomic E-state index is -1.06. The van der Waals surface area contributed by atoms with Gasteiger partial charge in [0, 0.05) is 0 Å². The Morgan fingerprint density at radius 1 is 1.43 bits per heavy atom. The fourth-order valence-electron chi connectivity index (χ4n) is 3.79. The van der Waals surface area contributed by atoms with Gasteiger partial charge in [-0.05, 0) is 37.8 Å². The van der Waals surface area contributed by atoms with Gasteiger partial charge in [0.05, 0.1) is 12.8 Å². The number of carbonyl (C=O) groups is 4. The number of esters is 1. The summed E-state index contributed by atoms with van der Waals surface area (Å²) in [5, 5.41) is 5.36. The van der Waals surface area contributed by atoms with Gasteiger partial charge in [-0.3, -0.25) is 19.3 Å². The summed E-state index contributed by atoms with van der Waals surface area (Å²) in [6, 6.07) is 2.81. The highest BCUT2D eigenvalue weighted by molar-refractivity contribution is 6.09. The van der Waals surface area contributed by atoms with Gasteiger partial charge in [-0.2, -0.15) is 0 Å². The molecule has 1 saturated carbocycles. The summed E-state index contributed by atoms with van der Waals surface area (Å²) in [5.41, 5.74) is -0.929. The third kappa shape index (κ3) is 3.88. The van der Waals surface area contributed by atoms with Crippen molar-refractivity contribution in [1.82, 2.24) is 15.5 Å². The average molecular weight is 391 g/mol. The molecule has 0 aromatic carbocycles. The van der Waals surface area contributed by atoms with Gasteiger partial charge in [0.2, 0.25) is 0 Å². The van der Waals surface area contributed by atoms with E-state index in [1.54, 1.807) is 12.1 Å². The molecule has 2 heterocycles. The lowest BCUT2D eigenvalue weighted by molar-refractivity contribution is -0.157. The van der Waals surface area contributed by atoms with E-state index in [2.05, 4.69) is 10.6 Å². The molecule has 1 spiro atoms. The molecule has 28 heavy (non-hydrogen) atoms. The molecule has 0 bridgehead atoms. The van der Waals surface area contributed by atoms with Gasteiger partial charge in [0.25, 0.3) is 11.8 Å². The molecule has 9 nitrogen and oxygen atoms in total. The van der Waals surface area contributed by atoms with Crippen LogP contribution in [0.25, 0.3) is 0 Å². The van der Waals surface area contributed by atoms with Gasteiger partial charge in [-0.15, -0.1) is 0 Å². The summed E-state index contributed by atoms with van der Waals surface area (Å²) < 4.78 is 10.2. The van der Waals surface area contributed by atoms with Crippen molar-refractivity contribution in [1.29, 1.82) is 0 Å². The molecule has 0 unspecified atom stereocenters. The summed E-state index contributed by atoms with van der Waals surface area (Å²) in [7, 11) is 0. The molecule has 152 valence electrons. The van der Waals surface area contributed by atoms with Gasteiger partial charge < -0.3 is 19.8 Å². The van der Waals surface area contributed by atoms with Gasteiger partial charge in [-0.25, -0.2) is 4.79 Å². The molecule has 1 aromatic heterocycles. The molecule has 9 heteroatoms. The lowest BCUT2D eigenvalue weighted by atomic mass is 9.73. The van der Waals surface area contributed by atoms with E-state index >= 15 is 0 Å². The van der Waals surface area contributed by atoms with E-state index in [0.717, 1.165) is 24.2 Å². The third-order valence-electron chi connectivity index (χ3n) is 5.48. The average Bonchev–Trinajstić information content (AvgIpc) is 3.25. The molecule has 1 aromatic rings. The summed E-state index contributed by atoms with van der Waals surface area (Å²) in [4.78, 5) is 50.2. The van der Waals surface area contributed by atoms with Crippen molar-refractivity contribution < 1.29 is 28.3 Å². The number of hydrogen-bond donors (Lipinski definition) is 2. The predicted octanol–water partition coefficient (Wildman–Crippen LogP) is 1.33. The Hall–Kier alpha value is -2.84. The molecule has 1 aliphatic heterocycles. The first kappa shape index (κ1) is 19.9. The monoisotopic (exact) mass is 391 g/mol. The molecule has 1 aliphatic carbocycles. The van der Waals surface area contributed by atoms with Gasteiger partial charge >= 0.3 is 12.0 Å². The van der Waals surface area contributed by atoms with Crippen LogP contribution in [-0.4, -0.2) is 46.9 Å². The molecule has 2 aliphatic rings. The highest BCUT2D eigenvalue weighted by atomic mass is 16.5. The minimum Gasteiger partial charge on any atom is -0.467 e. The predicted molar refractivity (Wildman–Crippen MR) is 96.7 cm³/mol. The molecule has 3 atom stereocenters. The molecule has 3 rings (SSSR count). The van der Waals surface area contributed by atoms with E-state index in [0.29, 0.717) is 12.2 Å². The number of nitrogens with zero attached hydrogens (tertiary/aromatic N) is 1. The van der Waals surface area contributed by atoms with E-state index in [9.17, 15) is 19.2 Å². The van der Waals surface area contributed by atoms with Crippen molar-refractivity contribution in [3.05, 3.63) is 24.2 Å². The fourth-order valence-corrected chi connectivity index (χ4v) is 3.79. The summed E-state index contributed by atoms with van der Waals surface area (Å²) in [6.07, 6.45) is 3.70. The molecule has 1 saturated heterocycles. The number of imide groups is 1. The van der Waals surface area contributed by atoms with E-state index in [-0.39, 0.29) is 12.5 Å².